The van der Waals surface area contributed by atoms with Crippen molar-refractivity contribution in [2.45, 2.75) is 25.1 Å². The minimum Gasteiger partial charge on any atom is -0.350 e. The van der Waals surface area contributed by atoms with E-state index in [1.165, 1.54) is 12.8 Å². The number of alkyl halides is 1. The van der Waals surface area contributed by atoms with Crippen LogP contribution in [-0.4, -0.2) is 17.1 Å². The standard InChI is InChI=1S/C9H14ClN3O/c1-4(12-13-9(11)14)7-5-2-3-6(7)8(5)10/h5-8H,2-3H2,1H3,(H3,11,13,14)/b12-4+. The van der Waals surface area contributed by atoms with Crippen LogP contribution in [0.5, 0.6) is 0 Å². The van der Waals surface area contributed by atoms with Gasteiger partial charge in [0.1, 0.15) is 0 Å². The number of carbonyl (C=O) groups is 1. The van der Waals surface area contributed by atoms with Gasteiger partial charge in [0, 0.05) is 17.0 Å². The molecule has 0 aromatic heterocycles. The number of primary amides is 1. The first-order chi connectivity index (χ1) is 6.61. The number of hydrogen-bond acceptors (Lipinski definition) is 2. The molecule has 4 nitrogen and oxygen atoms in total. The molecule has 2 atom stereocenters. The fraction of sp³-hybridized carbons (Fsp3) is 0.778. The molecule has 0 aromatic rings. The second-order valence-corrected chi connectivity index (χ2v) is 4.61. The van der Waals surface area contributed by atoms with Crippen LogP contribution < -0.4 is 11.2 Å². The topological polar surface area (TPSA) is 67.5 Å². The van der Waals surface area contributed by atoms with E-state index in [0.29, 0.717) is 23.1 Å². The first-order valence-electron chi connectivity index (χ1n) is 4.85. The monoisotopic (exact) mass is 215 g/mol. The number of rotatable bonds is 2. The van der Waals surface area contributed by atoms with E-state index in [9.17, 15) is 4.79 Å². The number of hydrazone groups is 1. The molecule has 3 rings (SSSR count). The van der Waals surface area contributed by atoms with Crippen molar-refractivity contribution in [2.24, 2.45) is 28.6 Å². The molecule has 3 N–H and O–H groups in total. The van der Waals surface area contributed by atoms with Crippen molar-refractivity contribution in [3.63, 3.8) is 0 Å². The van der Waals surface area contributed by atoms with E-state index in [1.54, 1.807) is 0 Å². The van der Waals surface area contributed by atoms with Gasteiger partial charge in [-0.25, -0.2) is 10.2 Å². The van der Waals surface area contributed by atoms with Gasteiger partial charge in [-0.15, -0.1) is 11.6 Å². The molecule has 3 aliphatic rings. The van der Waals surface area contributed by atoms with Crippen LogP contribution in [0, 0.1) is 17.8 Å². The molecule has 2 bridgehead atoms. The lowest BCUT2D eigenvalue weighted by atomic mass is 9.69. The van der Waals surface area contributed by atoms with Crippen molar-refractivity contribution in [1.82, 2.24) is 5.43 Å². The van der Waals surface area contributed by atoms with Crippen LogP contribution in [0.15, 0.2) is 5.10 Å². The molecule has 3 aliphatic carbocycles. The number of nitrogens with zero attached hydrogens (tertiary/aromatic N) is 1. The molecule has 0 heterocycles. The minimum atomic E-state index is -0.613. The van der Waals surface area contributed by atoms with Crippen molar-refractivity contribution in [1.29, 1.82) is 0 Å². The normalized spacial score (nSPS) is 40.6. The summed E-state index contributed by atoms with van der Waals surface area (Å²) < 4.78 is 0. The highest BCUT2D eigenvalue weighted by atomic mass is 35.5. The summed E-state index contributed by atoms with van der Waals surface area (Å²) in [5, 5.41) is 4.27. The number of nitrogens with two attached hydrogens (primary N) is 1. The van der Waals surface area contributed by atoms with Gasteiger partial charge >= 0.3 is 6.03 Å². The maximum Gasteiger partial charge on any atom is 0.332 e. The first kappa shape index (κ1) is 9.77. The molecule has 78 valence electrons. The fourth-order valence-corrected chi connectivity index (χ4v) is 3.35. The summed E-state index contributed by atoms with van der Waals surface area (Å²) in [6, 6.07) is -0.613. The molecule has 14 heavy (non-hydrogen) atoms. The van der Waals surface area contributed by atoms with E-state index in [2.05, 4.69) is 10.5 Å². The molecule has 0 radical (unpaired) electrons. The molecule has 3 fully saturated rings. The molecule has 2 amide bonds. The zero-order chi connectivity index (χ0) is 10.3. The van der Waals surface area contributed by atoms with Gasteiger partial charge in [-0.1, -0.05) is 0 Å². The minimum absolute atomic E-state index is 0.318. The number of urea groups is 1. The number of halogens is 1. The number of amides is 2. The highest BCUT2D eigenvalue weighted by Crippen LogP contribution is 2.56. The Morgan fingerprint density at radius 2 is 2.07 bits per heavy atom. The summed E-state index contributed by atoms with van der Waals surface area (Å²) in [5.41, 5.74) is 8.14. The Bertz CT molecular complexity index is 280. The average molecular weight is 216 g/mol. The second kappa shape index (κ2) is 3.42. The van der Waals surface area contributed by atoms with Crippen molar-refractivity contribution in [3.05, 3.63) is 0 Å². The number of fused-ring (bicyclic) bond motifs is 1. The van der Waals surface area contributed by atoms with E-state index < -0.39 is 6.03 Å². The van der Waals surface area contributed by atoms with Gasteiger partial charge in [-0.3, -0.25) is 0 Å². The van der Waals surface area contributed by atoms with Gasteiger partial charge in [0.2, 0.25) is 0 Å². The molecule has 0 aliphatic heterocycles. The van der Waals surface area contributed by atoms with Crippen LogP contribution in [-0.2, 0) is 0 Å². The summed E-state index contributed by atoms with van der Waals surface area (Å²) in [6.45, 7) is 1.93. The Balaban J connectivity index is 1.97. The Morgan fingerprint density at radius 3 is 2.50 bits per heavy atom. The number of hydrogen-bond donors (Lipinski definition) is 2. The van der Waals surface area contributed by atoms with Crippen molar-refractivity contribution in [3.8, 4) is 0 Å². The van der Waals surface area contributed by atoms with Crippen LogP contribution in [0.1, 0.15) is 19.8 Å². The maximum atomic E-state index is 10.5. The maximum absolute atomic E-state index is 10.5. The molecule has 2 unspecified atom stereocenters. The Labute approximate surface area is 87.9 Å². The first-order valence-corrected chi connectivity index (χ1v) is 5.28. The lowest BCUT2D eigenvalue weighted by Gasteiger charge is -2.40. The predicted octanol–water partition coefficient (Wildman–Crippen LogP) is 1.29. The second-order valence-electron chi connectivity index (χ2n) is 4.10. The summed E-state index contributed by atoms with van der Waals surface area (Å²) in [5.74, 6) is 1.57. The fourth-order valence-electron chi connectivity index (χ4n) is 2.79. The zero-order valence-electron chi connectivity index (χ0n) is 8.03. The zero-order valence-corrected chi connectivity index (χ0v) is 8.79. The van der Waals surface area contributed by atoms with Gasteiger partial charge in [0.25, 0.3) is 0 Å². The lowest BCUT2D eigenvalue weighted by molar-refractivity contribution is 0.236. The summed E-state index contributed by atoms with van der Waals surface area (Å²) in [6.07, 6.45) is 2.37. The van der Waals surface area contributed by atoms with E-state index in [0.717, 1.165) is 5.71 Å². The van der Waals surface area contributed by atoms with E-state index in [1.807, 2.05) is 6.92 Å². The molecule has 3 saturated carbocycles. The largest absolute Gasteiger partial charge is 0.350 e. The Morgan fingerprint density at radius 1 is 1.50 bits per heavy atom. The van der Waals surface area contributed by atoms with Crippen LogP contribution in [0.4, 0.5) is 4.79 Å². The Hall–Kier alpha value is -0.770. The van der Waals surface area contributed by atoms with E-state index >= 15 is 0 Å². The Kier molecular flexibility index (Phi) is 2.39. The quantitative estimate of drug-likeness (QED) is 0.407. The summed E-state index contributed by atoms with van der Waals surface area (Å²) in [4.78, 5) is 10.5. The molecular weight excluding hydrogens is 202 g/mol. The van der Waals surface area contributed by atoms with Crippen molar-refractivity contribution in [2.75, 3.05) is 0 Å². The number of nitrogens with one attached hydrogen (secondary N) is 1. The van der Waals surface area contributed by atoms with Crippen LogP contribution in [0.2, 0.25) is 0 Å². The molecule has 0 saturated heterocycles. The average Bonchev–Trinajstić information content (AvgIpc) is 2.71. The highest BCUT2D eigenvalue weighted by Gasteiger charge is 2.55. The van der Waals surface area contributed by atoms with Gasteiger partial charge in [-0.05, 0) is 31.6 Å². The highest BCUT2D eigenvalue weighted by molar-refractivity contribution is 6.22. The van der Waals surface area contributed by atoms with Gasteiger partial charge in [0.15, 0.2) is 0 Å². The third-order valence-corrected chi connectivity index (χ3v) is 4.05. The molecule has 0 aromatic carbocycles. The van der Waals surface area contributed by atoms with E-state index in [4.69, 9.17) is 17.3 Å². The van der Waals surface area contributed by atoms with Gasteiger partial charge in [-0.2, -0.15) is 5.10 Å². The number of carbonyl (C=O) groups excluding carboxylic acids is 1. The van der Waals surface area contributed by atoms with Gasteiger partial charge in [0.05, 0.1) is 0 Å². The van der Waals surface area contributed by atoms with Crippen LogP contribution in [0.25, 0.3) is 0 Å². The third-order valence-electron chi connectivity index (χ3n) is 3.40. The SMILES string of the molecule is C/C(=N\NC(N)=O)C1C2CCC1C2Cl. The molecular formula is C9H14ClN3O. The lowest BCUT2D eigenvalue weighted by Crippen LogP contribution is -2.45. The van der Waals surface area contributed by atoms with Crippen LogP contribution in [0.3, 0.4) is 0 Å². The van der Waals surface area contributed by atoms with Gasteiger partial charge < -0.3 is 5.73 Å². The van der Waals surface area contributed by atoms with Crippen LogP contribution >= 0.6 is 11.6 Å². The van der Waals surface area contributed by atoms with Crippen molar-refractivity contribution < 1.29 is 4.79 Å². The summed E-state index contributed by atoms with van der Waals surface area (Å²) in [7, 11) is 0. The third kappa shape index (κ3) is 1.38. The molecule has 5 heteroatoms. The van der Waals surface area contributed by atoms with Crippen molar-refractivity contribution >= 4 is 23.3 Å². The predicted molar refractivity (Wildman–Crippen MR) is 55.2 cm³/mol. The molecule has 0 spiro atoms. The smallest absolute Gasteiger partial charge is 0.332 e. The van der Waals surface area contributed by atoms with E-state index in [-0.39, 0.29) is 0 Å². The summed E-state index contributed by atoms with van der Waals surface area (Å²) >= 11 is 6.15.